The van der Waals surface area contributed by atoms with Gasteiger partial charge in [0.2, 0.25) is 0 Å². The van der Waals surface area contributed by atoms with Gasteiger partial charge in [-0.15, -0.1) is 0 Å². The highest BCUT2D eigenvalue weighted by Gasteiger charge is 2.27. The second-order valence-electron chi connectivity index (χ2n) is 6.33. The van der Waals surface area contributed by atoms with Crippen molar-refractivity contribution in [2.45, 2.75) is 32.8 Å². The van der Waals surface area contributed by atoms with E-state index in [1.807, 2.05) is 44.2 Å². The second-order valence-corrected chi connectivity index (χ2v) is 6.33. The van der Waals surface area contributed by atoms with Crippen LogP contribution < -0.4 is 10.9 Å². The molecule has 0 aliphatic rings. The van der Waals surface area contributed by atoms with Crippen molar-refractivity contribution in [3.05, 3.63) is 58.4 Å². The summed E-state index contributed by atoms with van der Waals surface area (Å²) in [6.07, 6.45) is 0.801. The molecule has 2 rings (SSSR count). The number of nitrogens with one attached hydrogen (secondary N) is 2. The molecule has 0 saturated carbocycles. The third-order valence-corrected chi connectivity index (χ3v) is 4.52. The van der Waals surface area contributed by atoms with Crippen LogP contribution in [0.2, 0.25) is 0 Å². The van der Waals surface area contributed by atoms with Crippen molar-refractivity contribution in [1.82, 2.24) is 10.3 Å². The van der Waals surface area contributed by atoms with Crippen molar-refractivity contribution in [2.24, 2.45) is 5.92 Å². The number of pyridine rings is 1. The maximum atomic E-state index is 12.2. The second kappa shape index (κ2) is 7.45. The number of carbonyl (C=O) groups excluding carboxylic acids is 1. The Bertz CT molecular complexity index is 751. The zero-order valence-corrected chi connectivity index (χ0v) is 14.3. The van der Waals surface area contributed by atoms with E-state index in [0.29, 0.717) is 5.69 Å². The molecule has 0 bridgehead atoms. The van der Waals surface area contributed by atoms with Gasteiger partial charge in [-0.25, -0.2) is 0 Å². The first-order valence-corrected chi connectivity index (χ1v) is 8.14. The number of hydrogen-bond acceptors (Lipinski definition) is 3. The summed E-state index contributed by atoms with van der Waals surface area (Å²) >= 11 is 0. The summed E-state index contributed by atoms with van der Waals surface area (Å²) in [5.74, 6) is -0.448. The van der Waals surface area contributed by atoms with Crippen molar-refractivity contribution < 1.29 is 9.90 Å². The molecular weight excluding hydrogens is 304 g/mol. The van der Waals surface area contributed by atoms with Gasteiger partial charge >= 0.3 is 0 Å². The van der Waals surface area contributed by atoms with E-state index in [1.54, 1.807) is 13.0 Å². The lowest BCUT2D eigenvalue weighted by molar-refractivity contribution is 0.00591. The molecule has 0 spiro atoms. The molecule has 2 unspecified atom stereocenters. The zero-order chi connectivity index (χ0) is 17.7. The Labute approximate surface area is 141 Å². The zero-order valence-electron chi connectivity index (χ0n) is 14.3. The number of aromatic nitrogens is 1. The summed E-state index contributed by atoms with van der Waals surface area (Å²) in [6, 6.07) is 12.6. The quantitative estimate of drug-likeness (QED) is 0.762. The lowest BCUT2D eigenvalue weighted by Gasteiger charge is -2.29. The van der Waals surface area contributed by atoms with Crippen molar-refractivity contribution in [1.29, 1.82) is 0 Å². The molecular formula is C19H24N2O3. The van der Waals surface area contributed by atoms with Gasteiger partial charge < -0.3 is 15.4 Å². The highest BCUT2D eigenvalue weighted by molar-refractivity contribution is 5.94. The SMILES string of the molecule is CCC(C)C(C)(O)CNC(=O)c1ccc(-c2ccccc2)[nH]c1=O. The minimum Gasteiger partial charge on any atom is -0.388 e. The number of benzene rings is 1. The fraction of sp³-hybridized carbons (Fsp3) is 0.368. The van der Waals surface area contributed by atoms with Gasteiger partial charge in [-0.1, -0.05) is 50.6 Å². The summed E-state index contributed by atoms with van der Waals surface area (Å²) < 4.78 is 0. The lowest BCUT2D eigenvalue weighted by atomic mass is 9.88. The highest BCUT2D eigenvalue weighted by atomic mass is 16.3. The third kappa shape index (κ3) is 4.11. The van der Waals surface area contributed by atoms with Gasteiger partial charge in [-0.2, -0.15) is 0 Å². The largest absolute Gasteiger partial charge is 0.388 e. The Kier molecular flexibility index (Phi) is 5.57. The number of hydrogen-bond donors (Lipinski definition) is 3. The molecule has 1 amide bonds. The number of amides is 1. The van der Waals surface area contributed by atoms with Gasteiger partial charge in [0.1, 0.15) is 5.56 Å². The number of aliphatic hydroxyl groups is 1. The van der Waals surface area contributed by atoms with Crippen LogP contribution in [0.1, 0.15) is 37.6 Å². The van der Waals surface area contributed by atoms with Gasteiger partial charge in [-0.05, 0) is 30.5 Å². The molecule has 2 atom stereocenters. The topological polar surface area (TPSA) is 82.2 Å². The Morgan fingerprint density at radius 2 is 1.92 bits per heavy atom. The summed E-state index contributed by atoms with van der Waals surface area (Å²) in [6.45, 7) is 5.69. The Morgan fingerprint density at radius 1 is 1.25 bits per heavy atom. The molecule has 1 heterocycles. The summed E-state index contributed by atoms with van der Waals surface area (Å²) in [5.41, 5.74) is 0.109. The maximum absolute atomic E-state index is 12.2. The van der Waals surface area contributed by atoms with Crippen LogP contribution in [0, 0.1) is 5.92 Å². The smallest absolute Gasteiger partial charge is 0.261 e. The molecule has 0 aliphatic heterocycles. The minimum atomic E-state index is -1.01. The molecule has 1 aromatic carbocycles. The van der Waals surface area contributed by atoms with E-state index in [9.17, 15) is 14.7 Å². The van der Waals surface area contributed by atoms with Crippen LogP contribution in [0.3, 0.4) is 0 Å². The number of H-pyrrole nitrogens is 1. The van der Waals surface area contributed by atoms with E-state index < -0.39 is 17.1 Å². The first-order valence-electron chi connectivity index (χ1n) is 8.14. The Morgan fingerprint density at radius 3 is 2.50 bits per heavy atom. The third-order valence-electron chi connectivity index (χ3n) is 4.52. The van der Waals surface area contributed by atoms with Crippen molar-refractivity contribution in [2.75, 3.05) is 6.54 Å². The monoisotopic (exact) mass is 328 g/mol. The summed E-state index contributed by atoms with van der Waals surface area (Å²) in [4.78, 5) is 27.1. The number of rotatable bonds is 6. The summed E-state index contributed by atoms with van der Waals surface area (Å²) in [5, 5.41) is 13.0. The van der Waals surface area contributed by atoms with E-state index in [0.717, 1.165) is 12.0 Å². The standard InChI is InChI=1S/C19H24N2O3/c1-4-13(2)19(3,24)12-20-17(22)15-10-11-16(21-18(15)23)14-8-6-5-7-9-14/h5-11,13,24H,4,12H2,1-3H3,(H,20,22)(H,21,23). The van der Waals surface area contributed by atoms with Crippen molar-refractivity contribution in [3.8, 4) is 11.3 Å². The molecule has 24 heavy (non-hydrogen) atoms. The van der Waals surface area contributed by atoms with Crippen LogP contribution in [0.4, 0.5) is 0 Å². The van der Waals surface area contributed by atoms with Crippen LogP contribution in [0.5, 0.6) is 0 Å². The molecule has 5 nitrogen and oxygen atoms in total. The number of aromatic amines is 1. The molecule has 0 fully saturated rings. The molecule has 128 valence electrons. The predicted molar refractivity (Wildman–Crippen MR) is 94.9 cm³/mol. The molecule has 1 aromatic heterocycles. The van der Waals surface area contributed by atoms with Crippen LogP contribution in [0.15, 0.2) is 47.3 Å². The fourth-order valence-electron chi connectivity index (χ4n) is 2.41. The molecule has 5 heteroatoms. The van der Waals surface area contributed by atoms with E-state index in [-0.39, 0.29) is 18.0 Å². The van der Waals surface area contributed by atoms with Crippen molar-refractivity contribution >= 4 is 5.91 Å². The van der Waals surface area contributed by atoms with Gasteiger partial charge in [0, 0.05) is 12.2 Å². The molecule has 0 radical (unpaired) electrons. The van der Waals surface area contributed by atoms with E-state index in [1.165, 1.54) is 6.07 Å². The molecule has 0 aliphatic carbocycles. The van der Waals surface area contributed by atoms with E-state index >= 15 is 0 Å². The van der Waals surface area contributed by atoms with Gasteiger partial charge in [-0.3, -0.25) is 9.59 Å². The van der Waals surface area contributed by atoms with Crippen molar-refractivity contribution in [3.63, 3.8) is 0 Å². The first-order chi connectivity index (χ1) is 11.3. The Hall–Kier alpha value is -2.40. The average Bonchev–Trinajstić information content (AvgIpc) is 2.59. The van der Waals surface area contributed by atoms with E-state index in [4.69, 9.17) is 0 Å². The maximum Gasteiger partial charge on any atom is 0.261 e. The minimum absolute atomic E-state index is 0.0367. The number of carbonyl (C=O) groups is 1. The normalized spacial score (nSPS) is 14.7. The van der Waals surface area contributed by atoms with Crippen LogP contribution in [0.25, 0.3) is 11.3 Å². The molecule has 2 aromatic rings. The highest BCUT2D eigenvalue weighted by Crippen LogP contribution is 2.19. The fourth-order valence-corrected chi connectivity index (χ4v) is 2.41. The van der Waals surface area contributed by atoms with Crippen LogP contribution in [-0.4, -0.2) is 28.1 Å². The lowest BCUT2D eigenvalue weighted by Crippen LogP contribution is -2.45. The van der Waals surface area contributed by atoms with Gasteiger partial charge in [0.15, 0.2) is 0 Å². The van der Waals surface area contributed by atoms with Gasteiger partial charge in [0.05, 0.1) is 5.60 Å². The average molecular weight is 328 g/mol. The van der Waals surface area contributed by atoms with Crippen LogP contribution in [-0.2, 0) is 0 Å². The first kappa shape index (κ1) is 17.9. The van der Waals surface area contributed by atoms with E-state index in [2.05, 4.69) is 10.3 Å². The van der Waals surface area contributed by atoms with Gasteiger partial charge in [0.25, 0.3) is 11.5 Å². The van der Waals surface area contributed by atoms with Crippen LogP contribution >= 0.6 is 0 Å². The molecule has 3 N–H and O–H groups in total. The predicted octanol–water partition coefficient (Wildman–Crippen LogP) is 2.57. The molecule has 0 saturated heterocycles. The Balaban J connectivity index is 2.12. The summed E-state index contributed by atoms with van der Waals surface area (Å²) in [7, 11) is 0.